The highest BCUT2D eigenvalue weighted by Gasteiger charge is 2.53. The van der Waals surface area contributed by atoms with E-state index in [0.717, 1.165) is 44.5 Å². The van der Waals surface area contributed by atoms with Crippen LogP contribution in [0.5, 0.6) is 57.5 Å². The number of benzene rings is 12. The Balaban J connectivity index is 1.06. The molecule has 16 nitrogen and oxygen atoms in total. The Labute approximate surface area is 655 Å². The minimum Gasteiger partial charge on any atom is -0.489 e. The standard InChI is InChI=1S/C94H85BrO16/c1-4-98-49-50-99-92-84-78(103-58-68-35-19-8-20-36-68)53-76(101-56-66-31-15-6-16-32-66)82(90(84)110-88(94(92)109-64(3)97)74-51-80(105-60-70-39-23-10-24-40-70)89(107-62-72-43-27-12-28-44-72)81(52-74)106-61-71-41-25-11-26-42-71)85-83-77(102-57-67-33-17-7-18-34-67)54-79(104-59-69-37-21-9-22-38-69)86(95)91(83)111-87(93(85)108-63(2)96)73-45-47-75(48-46-73)100-55-65-29-13-5-14-30-65/h5-48,51-54,85,87-88,92-94H,4,49-50,55-62H2,1-3H3/t85-,87+,88+,92-,93+,94-/m0/s1. The lowest BCUT2D eigenvalue weighted by Crippen LogP contribution is -2.42. The Hall–Kier alpha value is -12.0. The van der Waals surface area contributed by atoms with Crippen LogP contribution in [0.4, 0.5) is 0 Å². The summed E-state index contributed by atoms with van der Waals surface area (Å²) in [6.45, 7) is 6.11. The van der Waals surface area contributed by atoms with Gasteiger partial charge in [0.25, 0.3) is 0 Å². The third-order valence-corrected chi connectivity index (χ3v) is 19.7. The summed E-state index contributed by atoms with van der Waals surface area (Å²) in [5.74, 6) is 0.628. The Morgan fingerprint density at radius 1 is 0.342 bits per heavy atom. The van der Waals surface area contributed by atoms with Gasteiger partial charge in [0.1, 0.15) is 104 Å². The van der Waals surface area contributed by atoms with Crippen molar-refractivity contribution in [3.63, 3.8) is 0 Å². The van der Waals surface area contributed by atoms with E-state index in [9.17, 15) is 9.59 Å². The first-order chi connectivity index (χ1) is 54.6. The maximum absolute atomic E-state index is 14.7. The molecule has 17 heteroatoms. The van der Waals surface area contributed by atoms with E-state index in [0.29, 0.717) is 74.3 Å². The van der Waals surface area contributed by atoms with Gasteiger partial charge in [0.15, 0.2) is 35.9 Å². The SMILES string of the molecule is CCOCCO[C@H]1c2c(OCc3ccccc3)cc(OCc3ccccc3)c([C@H]3c4c(OCc5ccccc5)cc(OCc5ccccc5)c(Br)c4O[C@H](c4ccc(OCc5ccccc5)cc4)[C@@H]3OC(C)=O)c2O[C@H](c2cc(OCc3ccccc3)c(OCc3ccccc3)c(OCc3ccccc3)c2)[C@@H]1OC(C)=O. The van der Waals surface area contributed by atoms with Crippen molar-refractivity contribution in [3.8, 4) is 57.5 Å². The number of hydrogen-bond acceptors (Lipinski definition) is 16. The molecule has 0 amide bonds. The second kappa shape index (κ2) is 37.4. The fourth-order valence-electron chi connectivity index (χ4n) is 13.6. The van der Waals surface area contributed by atoms with Gasteiger partial charge in [0.05, 0.1) is 24.7 Å². The van der Waals surface area contributed by atoms with E-state index < -0.39 is 48.4 Å². The maximum Gasteiger partial charge on any atom is 0.303 e. The highest BCUT2D eigenvalue weighted by Crippen LogP contribution is 2.63. The summed E-state index contributed by atoms with van der Waals surface area (Å²) < 4.78 is 99.4. The molecule has 12 aromatic carbocycles. The van der Waals surface area contributed by atoms with Crippen LogP contribution in [0.25, 0.3) is 0 Å². The fourth-order valence-corrected chi connectivity index (χ4v) is 14.2. The fraction of sp³-hybridized carbons (Fsp3) is 0.213. The molecule has 0 fully saturated rings. The molecular weight excluding hydrogens is 1460 g/mol. The average molecular weight is 1550 g/mol. The molecule has 2 heterocycles. The van der Waals surface area contributed by atoms with Gasteiger partial charge in [0.2, 0.25) is 5.75 Å². The molecule has 14 rings (SSSR count). The van der Waals surface area contributed by atoms with E-state index in [1.807, 2.05) is 298 Å². The van der Waals surface area contributed by atoms with Crippen molar-refractivity contribution in [3.05, 3.63) is 368 Å². The van der Waals surface area contributed by atoms with E-state index in [-0.39, 0.29) is 88.2 Å². The van der Waals surface area contributed by atoms with Gasteiger partial charge in [-0.1, -0.05) is 255 Å². The lowest BCUT2D eigenvalue weighted by Gasteiger charge is -2.44. The molecule has 111 heavy (non-hydrogen) atoms. The second-order valence-electron chi connectivity index (χ2n) is 26.8. The van der Waals surface area contributed by atoms with E-state index in [1.165, 1.54) is 13.8 Å². The van der Waals surface area contributed by atoms with Gasteiger partial charge in [-0.15, -0.1) is 0 Å². The van der Waals surface area contributed by atoms with E-state index in [1.54, 1.807) is 0 Å². The van der Waals surface area contributed by atoms with Crippen LogP contribution in [0, 0.1) is 0 Å². The van der Waals surface area contributed by atoms with Crippen molar-refractivity contribution in [1.82, 2.24) is 0 Å². The summed E-state index contributed by atoms with van der Waals surface area (Å²) in [6, 6.07) is 93.5. The van der Waals surface area contributed by atoms with E-state index >= 15 is 0 Å². The van der Waals surface area contributed by atoms with Crippen LogP contribution in [0.1, 0.15) is 117 Å². The lowest BCUT2D eigenvalue weighted by atomic mass is 9.76. The number of carbonyl (C=O) groups is 2. The van der Waals surface area contributed by atoms with Crippen LogP contribution in [0.15, 0.2) is 296 Å². The molecule has 0 radical (unpaired) electrons. The molecule has 2 aliphatic rings. The molecule has 2 aliphatic heterocycles. The van der Waals surface area contributed by atoms with Gasteiger partial charge in [-0.3, -0.25) is 9.59 Å². The molecular formula is C94H85BrO16. The topological polar surface area (TPSA) is 163 Å². The first kappa shape index (κ1) is 75.8. The first-order valence-corrected chi connectivity index (χ1v) is 37.9. The summed E-state index contributed by atoms with van der Waals surface area (Å²) in [6.07, 6.45) is -6.36. The zero-order chi connectivity index (χ0) is 76.1. The van der Waals surface area contributed by atoms with Crippen molar-refractivity contribution in [1.29, 1.82) is 0 Å². The van der Waals surface area contributed by atoms with Gasteiger partial charge in [0, 0.05) is 49.3 Å². The third kappa shape index (κ3) is 19.3. The smallest absolute Gasteiger partial charge is 0.303 e. The van der Waals surface area contributed by atoms with E-state index in [2.05, 4.69) is 15.9 Å². The number of halogens is 1. The average Bonchev–Trinajstić information content (AvgIpc) is 0.710. The maximum atomic E-state index is 14.7. The molecule has 12 aromatic rings. The predicted octanol–water partition coefficient (Wildman–Crippen LogP) is 20.4. The zero-order valence-corrected chi connectivity index (χ0v) is 63.5. The van der Waals surface area contributed by atoms with Crippen LogP contribution in [-0.2, 0) is 81.4 Å². The molecule has 0 bridgehead atoms. The Bertz CT molecular complexity index is 4920. The highest BCUT2D eigenvalue weighted by atomic mass is 79.9. The molecule has 0 aromatic heterocycles. The number of carbonyl (C=O) groups excluding carboxylic acids is 2. The minimum atomic E-state index is -1.33. The Kier molecular flexibility index (Phi) is 25.5. The van der Waals surface area contributed by atoms with Crippen LogP contribution in [0.2, 0.25) is 0 Å². The monoisotopic (exact) mass is 1550 g/mol. The number of esters is 2. The molecule has 0 unspecified atom stereocenters. The third-order valence-electron chi connectivity index (χ3n) is 18.9. The van der Waals surface area contributed by atoms with Crippen LogP contribution < -0.4 is 47.4 Å². The highest BCUT2D eigenvalue weighted by molar-refractivity contribution is 9.10. The molecule has 0 aliphatic carbocycles. The summed E-state index contributed by atoms with van der Waals surface area (Å²) in [7, 11) is 0. The van der Waals surface area contributed by atoms with Crippen molar-refractivity contribution in [2.75, 3.05) is 19.8 Å². The molecule has 0 saturated carbocycles. The largest absolute Gasteiger partial charge is 0.489 e. The van der Waals surface area contributed by atoms with Gasteiger partial charge < -0.3 is 66.3 Å². The molecule has 0 spiro atoms. The van der Waals surface area contributed by atoms with Crippen LogP contribution >= 0.6 is 15.9 Å². The van der Waals surface area contributed by atoms with Crippen molar-refractivity contribution in [2.45, 2.75) is 110 Å². The summed E-state index contributed by atoms with van der Waals surface area (Å²) in [4.78, 5) is 29.1. The molecule has 0 N–H and O–H groups in total. The number of fused-ring (bicyclic) bond motifs is 2. The Morgan fingerprint density at radius 2 is 0.676 bits per heavy atom. The zero-order valence-electron chi connectivity index (χ0n) is 61.9. The van der Waals surface area contributed by atoms with Gasteiger partial charge >= 0.3 is 11.9 Å². The Morgan fingerprint density at radius 3 is 1.08 bits per heavy atom. The summed E-state index contributed by atoms with van der Waals surface area (Å²) >= 11 is 4.10. The number of ether oxygens (including phenoxy) is 14. The van der Waals surface area contributed by atoms with Gasteiger partial charge in [-0.2, -0.15) is 0 Å². The first-order valence-electron chi connectivity index (χ1n) is 37.1. The minimum absolute atomic E-state index is 0.00915. The van der Waals surface area contributed by atoms with Gasteiger partial charge in [-0.05, 0) is 97.2 Å². The van der Waals surface area contributed by atoms with Crippen molar-refractivity contribution >= 4 is 27.9 Å². The second-order valence-corrected chi connectivity index (χ2v) is 27.6. The van der Waals surface area contributed by atoms with Crippen molar-refractivity contribution in [2.24, 2.45) is 0 Å². The van der Waals surface area contributed by atoms with Crippen LogP contribution in [-0.4, -0.2) is 44.0 Å². The number of hydrogen-bond donors (Lipinski definition) is 0. The lowest BCUT2D eigenvalue weighted by molar-refractivity contribution is -0.171. The van der Waals surface area contributed by atoms with Gasteiger partial charge in [-0.25, -0.2) is 0 Å². The predicted molar refractivity (Wildman–Crippen MR) is 425 cm³/mol. The number of rotatable bonds is 34. The van der Waals surface area contributed by atoms with Crippen molar-refractivity contribution < 1.29 is 75.9 Å². The van der Waals surface area contributed by atoms with Crippen LogP contribution in [0.3, 0.4) is 0 Å². The summed E-state index contributed by atoms with van der Waals surface area (Å²) in [5.41, 5.74) is 9.18. The molecule has 6 atom stereocenters. The molecule has 564 valence electrons. The normalized spacial score (nSPS) is 16.1. The summed E-state index contributed by atoms with van der Waals surface area (Å²) in [5, 5.41) is 0. The molecule has 0 saturated heterocycles. The quantitative estimate of drug-likeness (QED) is 0.0276. The van der Waals surface area contributed by atoms with E-state index in [4.69, 9.17) is 66.3 Å².